The minimum absolute atomic E-state index is 0.205. The van der Waals surface area contributed by atoms with Gasteiger partial charge < -0.3 is 16.0 Å². The smallest absolute Gasteiger partial charge is 0.229 e. The molecule has 0 saturated carbocycles. The zero-order valence-corrected chi connectivity index (χ0v) is 14.8. The van der Waals surface area contributed by atoms with Crippen LogP contribution in [0.2, 0.25) is 0 Å². The summed E-state index contributed by atoms with van der Waals surface area (Å²) < 4.78 is 0. The van der Waals surface area contributed by atoms with Gasteiger partial charge in [0.1, 0.15) is 5.82 Å². The lowest BCUT2D eigenvalue weighted by Gasteiger charge is -2.19. The van der Waals surface area contributed by atoms with Crippen molar-refractivity contribution in [1.29, 1.82) is 5.26 Å². The Morgan fingerprint density at radius 2 is 2.20 bits per heavy atom. The van der Waals surface area contributed by atoms with Gasteiger partial charge in [-0.2, -0.15) is 10.2 Å². The van der Waals surface area contributed by atoms with Crippen LogP contribution in [-0.2, 0) is 6.42 Å². The fourth-order valence-electron chi connectivity index (χ4n) is 3.03. The van der Waals surface area contributed by atoms with Crippen molar-refractivity contribution in [2.24, 2.45) is 5.73 Å². The zero-order chi connectivity index (χ0) is 17.8. The summed E-state index contributed by atoms with van der Waals surface area (Å²) in [5, 5.41) is 12.5. The average Bonchev–Trinajstić information content (AvgIpc) is 3.03. The number of nitrogens with zero attached hydrogens (tertiary/aromatic N) is 4. The van der Waals surface area contributed by atoms with E-state index in [-0.39, 0.29) is 6.04 Å². The molecule has 6 heteroatoms. The third-order valence-electron chi connectivity index (χ3n) is 4.43. The molecule has 0 amide bonds. The summed E-state index contributed by atoms with van der Waals surface area (Å²) >= 11 is 0. The number of aryl methyl sites for hydroxylation is 2. The van der Waals surface area contributed by atoms with E-state index in [4.69, 9.17) is 5.73 Å². The highest BCUT2D eigenvalue weighted by molar-refractivity contribution is 5.59. The predicted octanol–water partition coefficient (Wildman–Crippen LogP) is 2.89. The highest BCUT2D eigenvalue weighted by Crippen LogP contribution is 2.23. The summed E-state index contributed by atoms with van der Waals surface area (Å²) in [7, 11) is 0. The van der Waals surface area contributed by atoms with Crippen LogP contribution in [0.1, 0.15) is 36.6 Å². The molecular weight excluding hydrogens is 312 g/mol. The summed E-state index contributed by atoms with van der Waals surface area (Å²) in [5.41, 5.74) is 9.48. The van der Waals surface area contributed by atoms with Crippen LogP contribution in [0.5, 0.6) is 0 Å². The number of hydrogen-bond donors (Lipinski definition) is 2. The molecule has 1 aromatic carbocycles. The third kappa shape index (κ3) is 4.06. The first-order chi connectivity index (χ1) is 12.1. The van der Waals surface area contributed by atoms with Gasteiger partial charge in [-0.3, -0.25) is 0 Å². The van der Waals surface area contributed by atoms with E-state index in [1.807, 2.05) is 25.1 Å². The number of anilines is 3. The lowest BCUT2D eigenvalue weighted by molar-refractivity contribution is 0.751. The molecule has 3 rings (SSSR count). The molecule has 3 N–H and O–H groups in total. The summed E-state index contributed by atoms with van der Waals surface area (Å²) in [5.74, 6) is 1.48. The lowest BCUT2D eigenvalue weighted by atomic mass is 10.1. The van der Waals surface area contributed by atoms with Crippen LogP contribution in [0.3, 0.4) is 0 Å². The van der Waals surface area contributed by atoms with Gasteiger partial charge in [-0.25, -0.2) is 4.98 Å². The Kier molecular flexibility index (Phi) is 5.15. The molecule has 1 atom stereocenters. The van der Waals surface area contributed by atoms with Gasteiger partial charge in [-0.05, 0) is 37.5 Å². The van der Waals surface area contributed by atoms with Crippen molar-refractivity contribution in [2.75, 3.05) is 23.3 Å². The van der Waals surface area contributed by atoms with Gasteiger partial charge in [0, 0.05) is 36.6 Å². The van der Waals surface area contributed by atoms with E-state index in [0.717, 1.165) is 55.1 Å². The average molecular weight is 336 g/mol. The summed E-state index contributed by atoms with van der Waals surface area (Å²) in [6.45, 7) is 5.81. The molecule has 6 nitrogen and oxygen atoms in total. The van der Waals surface area contributed by atoms with Gasteiger partial charge >= 0.3 is 0 Å². The van der Waals surface area contributed by atoms with E-state index in [1.54, 1.807) is 0 Å². The lowest BCUT2D eigenvalue weighted by Crippen LogP contribution is -2.27. The van der Waals surface area contributed by atoms with Crippen LogP contribution in [0.4, 0.5) is 17.5 Å². The van der Waals surface area contributed by atoms with Crippen LogP contribution in [-0.4, -0.2) is 29.1 Å². The fraction of sp³-hybridized carbons (Fsp3) is 0.421. The van der Waals surface area contributed by atoms with Crippen LogP contribution >= 0.6 is 0 Å². The van der Waals surface area contributed by atoms with Crippen molar-refractivity contribution in [1.82, 2.24) is 9.97 Å². The largest absolute Gasteiger partial charge is 0.355 e. The molecule has 2 heterocycles. The maximum absolute atomic E-state index is 9.21. The van der Waals surface area contributed by atoms with Gasteiger partial charge in [0.15, 0.2) is 0 Å². The minimum atomic E-state index is 0.205. The quantitative estimate of drug-likeness (QED) is 0.872. The van der Waals surface area contributed by atoms with Crippen molar-refractivity contribution >= 4 is 17.5 Å². The molecule has 1 aliphatic heterocycles. The topological polar surface area (TPSA) is 90.9 Å². The Labute approximate surface area is 148 Å². The third-order valence-corrected chi connectivity index (χ3v) is 4.43. The molecule has 1 fully saturated rings. The van der Waals surface area contributed by atoms with E-state index in [1.165, 1.54) is 0 Å². The normalized spacial score (nSPS) is 16.7. The van der Waals surface area contributed by atoms with Crippen molar-refractivity contribution in [2.45, 2.75) is 39.2 Å². The van der Waals surface area contributed by atoms with E-state index in [9.17, 15) is 5.26 Å². The van der Waals surface area contributed by atoms with Crippen molar-refractivity contribution in [3.8, 4) is 6.07 Å². The van der Waals surface area contributed by atoms with Crippen molar-refractivity contribution in [3.05, 3.63) is 41.1 Å². The number of nitrogens with one attached hydrogen (secondary N) is 1. The second kappa shape index (κ2) is 7.49. The summed E-state index contributed by atoms with van der Waals surface area (Å²) in [6.07, 6.45) is 2.92. The molecule has 1 aliphatic rings. The van der Waals surface area contributed by atoms with Gasteiger partial charge in [0.25, 0.3) is 0 Å². The first kappa shape index (κ1) is 17.2. The molecule has 0 unspecified atom stereocenters. The zero-order valence-electron chi connectivity index (χ0n) is 14.8. The van der Waals surface area contributed by atoms with E-state index >= 15 is 0 Å². The Morgan fingerprint density at radius 3 is 2.88 bits per heavy atom. The Hall–Kier alpha value is -2.65. The van der Waals surface area contributed by atoms with E-state index in [2.05, 4.69) is 39.2 Å². The first-order valence-electron chi connectivity index (χ1n) is 8.75. The van der Waals surface area contributed by atoms with Crippen molar-refractivity contribution in [3.63, 3.8) is 0 Å². The monoisotopic (exact) mass is 336 g/mol. The maximum Gasteiger partial charge on any atom is 0.229 e. The van der Waals surface area contributed by atoms with Crippen LogP contribution in [0.25, 0.3) is 0 Å². The Bertz CT molecular complexity index is 795. The summed E-state index contributed by atoms with van der Waals surface area (Å²) in [6, 6.07) is 10.2. The van der Waals surface area contributed by atoms with Crippen LogP contribution in [0, 0.1) is 18.3 Å². The number of hydrogen-bond acceptors (Lipinski definition) is 6. The Balaban J connectivity index is 1.89. The SMILES string of the molecule is CCCc1cc(N2CC[C@H](N)C2)nc(Nc2ccc(C)c(C#N)c2)n1. The van der Waals surface area contributed by atoms with Crippen LogP contribution < -0.4 is 16.0 Å². The van der Waals surface area contributed by atoms with Gasteiger partial charge in [0.2, 0.25) is 5.95 Å². The highest BCUT2D eigenvalue weighted by atomic mass is 15.2. The molecule has 2 aromatic rings. The highest BCUT2D eigenvalue weighted by Gasteiger charge is 2.21. The molecule has 0 spiro atoms. The molecule has 25 heavy (non-hydrogen) atoms. The molecule has 0 bridgehead atoms. The van der Waals surface area contributed by atoms with Crippen molar-refractivity contribution < 1.29 is 0 Å². The number of benzene rings is 1. The molecule has 0 aliphatic carbocycles. The summed E-state index contributed by atoms with van der Waals surface area (Å²) in [4.78, 5) is 11.5. The van der Waals surface area contributed by atoms with Gasteiger partial charge in [0.05, 0.1) is 11.6 Å². The molecule has 130 valence electrons. The number of nitriles is 1. The fourth-order valence-corrected chi connectivity index (χ4v) is 3.03. The molecule has 0 radical (unpaired) electrons. The molecular formula is C19H24N6. The second-order valence-corrected chi connectivity index (χ2v) is 6.55. The minimum Gasteiger partial charge on any atom is -0.355 e. The standard InChI is InChI=1S/C19H24N6/c1-3-4-16-10-18(25-8-7-15(21)12-25)24-19(22-16)23-17-6-5-13(2)14(9-17)11-20/h5-6,9-10,15H,3-4,7-8,12,21H2,1-2H3,(H,22,23,24)/t15-/m0/s1. The van der Waals surface area contributed by atoms with Gasteiger partial charge in [-0.1, -0.05) is 19.4 Å². The Morgan fingerprint density at radius 1 is 1.36 bits per heavy atom. The van der Waals surface area contributed by atoms with E-state index < -0.39 is 0 Å². The van der Waals surface area contributed by atoms with Crippen LogP contribution in [0.15, 0.2) is 24.3 Å². The second-order valence-electron chi connectivity index (χ2n) is 6.55. The number of rotatable bonds is 5. The predicted molar refractivity (Wildman–Crippen MR) is 100 cm³/mol. The van der Waals surface area contributed by atoms with E-state index in [0.29, 0.717) is 11.5 Å². The number of nitrogens with two attached hydrogens (primary N) is 1. The molecule has 1 saturated heterocycles. The first-order valence-corrected chi connectivity index (χ1v) is 8.75. The maximum atomic E-state index is 9.21. The molecule has 1 aromatic heterocycles. The van der Waals surface area contributed by atoms with Gasteiger partial charge in [-0.15, -0.1) is 0 Å². The number of aromatic nitrogens is 2.